The zero-order valence-electron chi connectivity index (χ0n) is 24.0. The van der Waals surface area contributed by atoms with Crippen molar-refractivity contribution in [1.82, 2.24) is 19.7 Å². The average molecular weight is 564 g/mol. The van der Waals surface area contributed by atoms with Crippen molar-refractivity contribution < 1.29 is 28.2 Å². The van der Waals surface area contributed by atoms with Crippen molar-refractivity contribution in [2.24, 2.45) is 0 Å². The van der Waals surface area contributed by atoms with Crippen LogP contribution in [0.2, 0.25) is 0 Å². The van der Waals surface area contributed by atoms with Crippen LogP contribution in [0, 0.1) is 6.92 Å². The summed E-state index contributed by atoms with van der Waals surface area (Å²) in [5, 5.41) is 18.8. The monoisotopic (exact) mass is 563 g/mol. The fraction of sp³-hybridized carbons (Fsp3) is 0.400. The molecular weight excluding hydrogens is 529 g/mol. The average Bonchev–Trinajstić information content (AvgIpc) is 3.47. The number of carbonyl (C=O) groups is 2. The van der Waals surface area contributed by atoms with E-state index in [-0.39, 0.29) is 25.3 Å². The first-order valence-electron chi connectivity index (χ1n) is 13.3. The van der Waals surface area contributed by atoms with Gasteiger partial charge in [-0.2, -0.15) is 5.10 Å². The molecule has 1 aliphatic heterocycles. The molecule has 1 saturated heterocycles. The van der Waals surface area contributed by atoms with Gasteiger partial charge in [-0.25, -0.2) is 14.2 Å². The number of halogens is 1. The highest BCUT2D eigenvalue weighted by atomic mass is 19.1. The molecule has 2 N–H and O–H groups in total. The molecule has 216 valence electrons. The molecule has 0 saturated carbocycles. The molecule has 0 aliphatic carbocycles. The molecule has 4 aromatic rings. The lowest BCUT2D eigenvalue weighted by Gasteiger charge is -2.44. The number of nitrogens with one attached hydrogen (secondary N) is 1. The maximum atomic E-state index is 15.4. The molecule has 2 aromatic carbocycles. The van der Waals surface area contributed by atoms with E-state index in [2.05, 4.69) is 15.4 Å². The topological polar surface area (TPSA) is 123 Å². The molecular formula is C30H34FN5O5. The first-order chi connectivity index (χ1) is 19.1. The van der Waals surface area contributed by atoms with Crippen LogP contribution in [-0.4, -0.2) is 61.1 Å². The number of likely N-dealkylation sites (tertiary alicyclic amines) is 1. The smallest absolute Gasteiger partial charge is 0.410 e. The fourth-order valence-electron chi connectivity index (χ4n) is 4.77. The molecule has 2 aromatic heterocycles. The Bertz CT molecular complexity index is 1620. The molecule has 11 heteroatoms. The Hall–Kier alpha value is -4.25. The van der Waals surface area contributed by atoms with Gasteiger partial charge in [0.15, 0.2) is 11.4 Å². The van der Waals surface area contributed by atoms with Crippen molar-refractivity contribution in [2.45, 2.75) is 65.0 Å². The summed E-state index contributed by atoms with van der Waals surface area (Å²) < 4.78 is 27.7. The van der Waals surface area contributed by atoms with Gasteiger partial charge in [-0.3, -0.25) is 9.48 Å². The molecule has 1 fully saturated rings. The number of amides is 2. The summed E-state index contributed by atoms with van der Waals surface area (Å²) >= 11 is 0. The SMILES string of the molecule is Cc1cccc(-c2nc(C(=O)Nc3cc4cn(CC5(F)CN(C(=O)OC(C)(C)C)C5)nc4cc3C(C)(C)O)co2)c1. The number of hydrogen-bond acceptors (Lipinski definition) is 7. The molecule has 0 bridgehead atoms. The lowest BCUT2D eigenvalue weighted by molar-refractivity contribution is -0.0592. The van der Waals surface area contributed by atoms with Gasteiger partial charge >= 0.3 is 6.09 Å². The number of carbonyl (C=O) groups excluding carboxylic acids is 2. The van der Waals surface area contributed by atoms with Gasteiger partial charge in [0.05, 0.1) is 30.8 Å². The first-order valence-corrected chi connectivity index (χ1v) is 13.3. The summed E-state index contributed by atoms with van der Waals surface area (Å²) in [7, 11) is 0. The van der Waals surface area contributed by atoms with Crippen LogP contribution in [0.15, 0.2) is 53.3 Å². The number of hydrogen-bond donors (Lipinski definition) is 2. The molecule has 41 heavy (non-hydrogen) atoms. The van der Waals surface area contributed by atoms with Gasteiger partial charge in [0, 0.05) is 28.4 Å². The summed E-state index contributed by atoms with van der Waals surface area (Å²) in [6.45, 7) is 10.2. The van der Waals surface area contributed by atoms with Crippen LogP contribution < -0.4 is 5.32 Å². The lowest BCUT2D eigenvalue weighted by atomic mass is 9.95. The minimum absolute atomic E-state index is 0.0683. The van der Waals surface area contributed by atoms with Gasteiger partial charge in [0.25, 0.3) is 5.91 Å². The van der Waals surface area contributed by atoms with E-state index in [1.54, 1.807) is 52.9 Å². The Morgan fingerprint density at radius 2 is 1.90 bits per heavy atom. The predicted molar refractivity (Wildman–Crippen MR) is 151 cm³/mol. The van der Waals surface area contributed by atoms with Crippen molar-refractivity contribution in [2.75, 3.05) is 18.4 Å². The second-order valence-corrected chi connectivity index (χ2v) is 12.2. The van der Waals surface area contributed by atoms with Crippen LogP contribution >= 0.6 is 0 Å². The normalized spacial score (nSPS) is 15.1. The number of ether oxygens (including phenoxy) is 1. The third-order valence-corrected chi connectivity index (χ3v) is 6.65. The van der Waals surface area contributed by atoms with Gasteiger partial charge in [-0.05, 0) is 65.8 Å². The zero-order valence-corrected chi connectivity index (χ0v) is 24.0. The number of anilines is 1. The largest absolute Gasteiger partial charge is 0.444 e. The Balaban J connectivity index is 1.34. The number of alkyl halides is 1. The van der Waals surface area contributed by atoms with Crippen molar-refractivity contribution in [3.63, 3.8) is 0 Å². The van der Waals surface area contributed by atoms with Crippen LogP contribution in [0.5, 0.6) is 0 Å². The molecule has 3 heterocycles. The summed E-state index contributed by atoms with van der Waals surface area (Å²) in [5.41, 5.74) is -0.448. The van der Waals surface area contributed by atoms with Gasteiger partial charge in [0.2, 0.25) is 5.89 Å². The highest BCUT2D eigenvalue weighted by Gasteiger charge is 2.47. The minimum atomic E-state index is -1.66. The number of fused-ring (bicyclic) bond motifs is 1. The van der Waals surface area contributed by atoms with Crippen molar-refractivity contribution in [3.05, 3.63) is 65.7 Å². The van der Waals surface area contributed by atoms with E-state index in [1.807, 2.05) is 31.2 Å². The number of aromatic nitrogens is 3. The van der Waals surface area contributed by atoms with Crippen molar-refractivity contribution in [1.29, 1.82) is 0 Å². The highest BCUT2D eigenvalue weighted by Crippen LogP contribution is 2.34. The van der Waals surface area contributed by atoms with Crippen LogP contribution in [-0.2, 0) is 16.9 Å². The summed E-state index contributed by atoms with van der Waals surface area (Å²) in [6, 6.07) is 10.9. The lowest BCUT2D eigenvalue weighted by Crippen LogP contribution is -2.63. The Morgan fingerprint density at radius 1 is 1.17 bits per heavy atom. The van der Waals surface area contributed by atoms with E-state index in [4.69, 9.17) is 9.15 Å². The van der Waals surface area contributed by atoms with Gasteiger partial charge < -0.3 is 24.5 Å². The maximum absolute atomic E-state index is 15.4. The first kappa shape index (κ1) is 28.3. The number of aliphatic hydroxyl groups is 1. The second kappa shape index (κ2) is 9.99. The molecule has 0 radical (unpaired) electrons. The van der Waals surface area contributed by atoms with Gasteiger partial charge in [-0.15, -0.1) is 0 Å². The number of oxazole rings is 1. The number of rotatable bonds is 6. The molecule has 5 rings (SSSR count). The molecule has 0 unspecified atom stereocenters. The number of nitrogens with zero attached hydrogens (tertiary/aromatic N) is 4. The van der Waals surface area contributed by atoms with Gasteiger partial charge in [-0.1, -0.05) is 17.7 Å². The Kier molecular flexibility index (Phi) is 6.89. The van der Waals surface area contributed by atoms with Crippen LogP contribution in [0.1, 0.15) is 56.2 Å². The molecule has 1 aliphatic rings. The zero-order chi connectivity index (χ0) is 29.7. The second-order valence-electron chi connectivity index (χ2n) is 12.2. The van der Waals surface area contributed by atoms with E-state index >= 15 is 4.39 Å². The van der Waals surface area contributed by atoms with Crippen LogP contribution in [0.4, 0.5) is 14.9 Å². The van der Waals surface area contributed by atoms with E-state index < -0.39 is 28.9 Å². The molecule has 10 nitrogen and oxygen atoms in total. The van der Waals surface area contributed by atoms with Gasteiger partial charge in [0.1, 0.15) is 11.9 Å². The molecule has 0 atom stereocenters. The summed E-state index contributed by atoms with van der Waals surface area (Å²) in [5.74, 6) is -0.191. The minimum Gasteiger partial charge on any atom is -0.444 e. The Morgan fingerprint density at radius 3 is 2.56 bits per heavy atom. The summed E-state index contributed by atoms with van der Waals surface area (Å²) in [6.07, 6.45) is 2.40. The maximum Gasteiger partial charge on any atom is 0.410 e. The van der Waals surface area contributed by atoms with E-state index in [0.29, 0.717) is 28.0 Å². The Labute approximate surface area is 237 Å². The quantitative estimate of drug-likeness (QED) is 0.320. The third kappa shape index (κ3) is 6.25. The van der Waals surface area contributed by atoms with E-state index in [9.17, 15) is 14.7 Å². The van der Waals surface area contributed by atoms with Crippen molar-refractivity contribution >= 4 is 28.6 Å². The van der Waals surface area contributed by atoms with E-state index in [0.717, 1.165) is 11.1 Å². The standard InChI is InChI=1S/C30H34FN5O5/c1-18-8-7-9-19(10-18)26-33-24(14-40-26)25(37)32-23-11-20-13-36(34-22(20)12-21(23)29(5,6)39)17-30(31)15-35(16-30)27(38)41-28(2,3)4/h7-14,39H,15-17H2,1-6H3,(H,32,37). The highest BCUT2D eigenvalue weighted by molar-refractivity contribution is 6.04. The number of benzene rings is 2. The number of aryl methyl sites for hydroxylation is 1. The summed E-state index contributed by atoms with van der Waals surface area (Å²) in [4.78, 5) is 31.0. The van der Waals surface area contributed by atoms with Crippen LogP contribution in [0.25, 0.3) is 22.4 Å². The molecule has 0 spiro atoms. The fourth-order valence-corrected chi connectivity index (χ4v) is 4.77. The van der Waals surface area contributed by atoms with Crippen molar-refractivity contribution in [3.8, 4) is 11.5 Å². The third-order valence-electron chi connectivity index (χ3n) is 6.65. The van der Waals surface area contributed by atoms with E-state index in [1.165, 1.54) is 15.8 Å². The molecule has 2 amide bonds. The predicted octanol–water partition coefficient (Wildman–Crippen LogP) is 5.44. The van der Waals surface area contributed by atoms with Crippen LogP contribution in [0.3, 0.4) is 0 Å².